The van der Waals surface area contributed by atoms with Gasteiger partial charge >= 0.3 is 0 Å². The van der Waals surface area contributed by atoms with Crippen LogP contribution in [-0.4, -0.2) is 47.0 Å². The molecule has 2 atom stereocenters. The lowest BCUT2D eigenvalue weighted by Crippen LogP contribution is -2.26. The maximum absolute atomic E-state index is 9.31. The highest BCUT2D eigenvalue weighted by Crippen LogP contribution is 2.20. The van der Waals surface area contributed by atoms with Gasteiger partial charge < -0.3 is 10.2 Å². The first-order valence-electron chi connectivity index (χ1n) is 4.97. The molecule has 1 fully saturated rings. The third-order valence-corrected chi connectivity index (χ3v) is 2.51. The Hall–Kier alpha value is -0.120. The van der Waals surface area contributed by atoms with E-state index in [0.29, 0.717) is 18.5 Å². The van der Waals surface area contributed by atoms with E-state index in [1.54, 1.807) is 0 Å². The fraction of sp³-hybridized carbons (Fsp3) is 1.00. The first-order valence-corrected chi connectivity index (χ1v) is 4.97. The smallest absolute Gasteiger partial charge is 0.0938 e. The van der Waals surface area contributed by atoms with E-state index in [1.165, 1.54) is 0 Å². The molecular weight excluding hydrogens is 166 g/mol. The van der Waals surface area contributed by atoms with Crippen molar-refractivity contribution in [1.82, 2.24) is 4.90 Å². The zero-order valence-corrected chi connectivity index (χ0v) is 8.82. The Bertz CT molecular complexity index is 155. The largest absolute Gasteiger partial charge is 0.389 e. The first kappa shape index (κ1) is 11.0. The molecule has 13 heavy (non-hydrogen) atoms. The minimum Gasteiger partial charge on any atom is -0.389 e. The molecule has 3 heteroatoms. The number of β-amino-alcohol motifs (C(OH)–C–C–N with tert-alkyl or cyclic N) is 2. The topological polar surface area (TPSA) is 43.7 Å². The van der Waals surface area contributed by atoms with Gasteiger partial charge in [-0.25, -0.2) is 0 Å². The summed E-state index contributed by atoms with van der Waals surface area (Å²) in [6.45, 7) is 8.83. The Labute approximate surface area is 80.4 Å². The van der Waals surface area contributed by atoms with Crippen LogP contribution in [0.15, 0.2) is 0 Å². The molecule has 2 unspecified atom stereocenters. The van der Waals surface area contributed by atoms with Crippen molar-refractivity contribution in [2.24, 2.45) is 5.41 Å². The highest BCUT2D eigenvalue weighted by molar-refractivity contribution is 4.83. The highest BCUT2D eigenvalue weighted by Gasteiger charge is 2.29. The van der Waals surface area contributed by atoms with Crippen LogP contribution in [0.3, 0.4) is 0 Å². The lowest BCUT2D eigenvalue weighted by molar-refractivity contribution is 0.0572. The minimum absolute atomic E-state index is 0.332. The summed E-state index contributed by atoms with van der Waals surface area (Å²) in [5, 5.41) is 18.6. The van der Waals surface area contributed by atoms with Gasteiger partial charge in [-0.1, -0.05) is 20.8 Å². The van der Waals surface area contributed by atoms with Crippen LogP contribution in [0.1, 0.15) is 27.2 Å². The van der Waals surface area contributed by atoms with Gasteiger partial charge in [-0.2, -0.15) is 0 Å². The number of hydrogen-bond donors (Lipinski definition) is 2. The number of aliphatic hydroxyl groups excluding tert-OH is 2. The van der Waals surface area contributed by atoms with E-state index in [-0.39, 0.29) is 0 Å². The predicted molar refractivity (Wildman–Crippen MR) is 52.5 cm³/mol. The van der Waals surface area contributed by atoms with E-state index in [4.69, 9.17) is 0 Å². The molecule has 0 spiro atoms. The Balaban J connectivity index is 2.25. The van der Waals surface area contributed by atoms with Gasteiger partial charge in [-0.05, 0) is 18.4 Å². The summed E-state index contributed by atoms with van der Waals surface area (Å²) < 4.78 is 0. The van der Waals surface area contributed by atoms with Crippen LogP contribution in [0.2, 0.25) is 0 Å². The second-order valence-corrected chi connectivity index (χ2v) is 5.20. The van der Waals surface area contributed by atoms with Crippen molar-refractivity contribution in [2.45, 2.75) is 39.4 Å². The van der Waals surface area contributed by atoms with E-state index in [2.05, 4.69) is 25.7 Å². The molecule has 0 radical (unpaired) electrons. The molecule has 1 aliphatic rings. The average molecular weight is 187 g/mol. The number of likely N-dealkylation sites (tertiary alicyclic amines) is 1. The van der Waals surface area contributed by atoms with Crippen molar-refractivity contribution in [2.75, 3.05) is 19.6 Å². The van der Waals surface area contributed by atoms with E-state index in [1.807, 2.05) is 0 Å². The van der Waals surface area contributed by atoms with Crippen LogP contribution < -0.4 is 0 Å². The SMILES string of the molecule is CC(C)(C)CCN1CC(O)C(O)C1. The van der Waals surface area contributed by atoms with E-state index < -0.39 is 12.2 Å². The normalized spacial score (nSPS) is 31.2. The third-order valence-electron chi connectivity index (χ3n) is 2.51. The van der Waals surface area contributed by atoms with Crippen LogP contribution in [-0.2, 0) is 0 Å². The van der Waals surface area contributed by atoms with Crippen LogP contribution in [0.25, 0.3) is 0 Å². The third kappa shape index (κ3) is 3.63. The molecular formula is C10H21NO2. The molecule has 1 heterocycles. The summed E-state index contributed by atoms with van der Waals surface area (Å²) in [7, 11) is 0. The maximum atomic E-state index is 9.31. The summed E-state index contributed by atoms with van der Waals surface area (Å²) in [4.78, 5) is 2.13. The molecule has 0 aromatic heterocycles. The second kappa shape index (κ2) is 3.95. The van der Waals surface area contributed by atoms with Gasteiger partial charge in [0.25, 0.3) is 0 Å². The van der Waals surface area contributed by atoms with E-state index >= 15 is 0 Å². The fourth-order valence-electron chi connectivity index (χ4n) is 1.52. The monoisotopic (exact) mass is 187 g/mol. The zero-order chi connectivity index (χ0) is 10.1. The minimum atomic E-state index is -0.542. The van der Waals surface area contributed by atoms with E-state index in [0.717, 1.165) is 13.0 Å². The molecule has 0 amide bonds. The van der Waals surface area contributed by atoms with Crippen LogP contribution >= 0.6 is 0 Å². The zero-order valence-electron chi connectivity index (χ0n) is 8.82. The molecule has 1 rings (SSSR count). The Kier molecular flexibility index (Phi) is 3.33. The molecule has 0 bridgehead atoms. The average Bonchev–Trinajstić information content (AvgIpc) is 2.27. The summed E-state index contributed by atoms with van der Waals surface area (Å²) in [6, 6.07) is 0. The van der Waals surface area contributed by atoms with Crippen LogP contribution in [0.5, 0.6) is 0 Å². The van der Waals surface area contributed by atoms with Crippen molar-refractivity contribution in [1.29, 1.82) is 0 Å². The van der Waals surface area contributed by atoms with Gasteiger partial charge in [0.05, 0.1) is 12.2 Å². The van der Waals surface area contributed by atoms with Crippen molar-refractivity contribution in [3.63, 3.8) is 0 Å². The quantitative estimate of drug-likeness (QED) is 0.660. The lowest BCUT2D eigenvalue weighted by Gasteiger charge is -2.22. The second-order valence-electron chi connectivity index (χ2n) is 5.20. The lowest BCUT2D eigenvalue weighted by atomic mass is 9.92. The van der Waals surface area contributed by atoms with Crippen molar-refractivity contribution in [3.8, 4) is 0 Å². The Morgan fingerprint density at radius 3 is 2.00 bits per heavy atom. The Morgan fingerprint density at radius 1 is 1.15 bits per heavy atom. The van der Waals surface area contributed by atoms with Gasteiger partial charge in [0.2, 0.25) is 0 Å². The number of nitrogens with zero attached hydrogens (tertiary/aromatic N) is 1. The summed E-state index contributed by atoms with van der Waals surface area (Å²) in [6.07, 6.45) is 0.0202. The molecule has 3 nitrogen and oxygen atoms in total. The molecule has 2 N–H and O–H groups in total. The fourth-order valence-corrected chi connectivity index (χ4v) is 1.52. The maximum Gasteiger partial charge on any atom is 0.0938 e. The van der Waals surface area contributed by atoms with Crippen LogP contribution in [0, 0.1) is 5.41 Å². The Morgan fingerprint density at radius 2 is 1.62 bits per heavy atom. The van der Waals surface area contributed by atoms with Gasteiger partial charge in [0.15, 0.2) is 0 Å². The summed E-state index contributed by atoms with van der Waals surface area (Å²) >= 11 is 0. The predicted octanol–water partition coefficient (Wildman–Crippen LogP) is 0.460. The molecule has 1 saturated heterocycles. The molecule has 0 aliphatic carbocycles. The first-order chi connectivity index (χ1) is 5.88. The molecule has 0 saturated carbocycles. The van der Waals surface area contributed by atoms with E-state index in [9.17, 15) is 10.2 Å². The molecule has 0 aromatic rings. The number of hydrogen-bond acceptors (Lipinski definition) is 3. The summed E-state index contributed by atoms with van der Waals surface area (Å²) in [5.74, 6) is 0. The number of rotatable bonds is 2. The molecule has 78 valence electrons. The van der Waals surface area contributed by atoms with Gasteiger partial charge in [-0.15, -0.1) is 0 Å². The molecule has 1 aliphatic heterocycles. The van der Waals surface area contributed by atoms with Crippen LogP contribution in [0.4, 0.5) is 0 Å². The van der Waals surface area contributed by atoms with Crippen molar-refractivity contribution >= 4 is 0 Å². The number of aliphatic hydroxyl groups is 2. The standard InChI is InChI=1S/C10H21NO2/c1-10(2,3)4-5-11-6-8(12)9(13)7-11/h8-9,12-13H,4-7H2,1-3H3. The van der Waals surface area contributed by atoms with Gasteiger partial charge in [0, 0.05) is 13.1 Å². The molecule has 0 aromatic carbocycles. The summed E-state index contributed by atoms with van der Waals surface area (Å²) in [5.41, 5.74) is 0.332. The van der Waals surface area contributed by atoms with Gasteiger partial charge in [0.1, 0.15) is 0 Å². The highest BCUT2D eigenvalue weighted by atomic mass is 16.3. The van der Waals surface area contributed by atoms with Crippen molar-refractivity contribution < 1.29 is 10.2 Å². The van der Waals surface area contributed by atoms with Crippen molar-refractivity contribution in [3.05, 3.63) is 0 Å². The van der Waals surface area contributed by atoms with Gasteiger partial charge in [-0.3, -0.25) is 4.90 Å².